The molecule has 2 rings (SSSR count). The number of nitrogens with zero attached hydrogens (tertiary/aromatic N) is 2. The molecule has 5 nitrogen and oxygen atoms in total. The highest BCUT2D eigenvalue weighted by atomic mass is 16.5. The Hall–Kier alpha value is -2.43. The fourth-order valence-corrected chi connectivity index (χ4v) is 2.10. The molecule has 1 aromatic carbocycles. The molecule has 0 atom stereocenters. The van der Waals surface area contributed by atoms with Crippen molar-refractivity contribution in [1.29, 1.82) is 0 Å². The van der Waals surface area contributed by atoms with Gasteiger partial charge in [-0.3, -0.25) is 4.99 Å². The highest BCUT2D eigenvalue weighted by Crippen LogP contribution is 2.16. The third-order valence-electron chi connectivity index (χ3n) is 3.22. The summed E-state index contributed by atoms with van der Waals surface area (Å²) < 4.78 is 7.37. The first-order valence-electron chi connectivity index (χ1n) is 6.90. The highest BCUT2D eigenvalue weighted by Gasteiger charge is 2.03. The van der Waals surface area contributed by atoms with E-state index in [1.165, 1.54) is 5.56 Å². The van der Waals surface area contributed by atoms with Gasteiger partial charge in [0.25, 0.3) is 0 Å². The summed E-state index contributed by atoms with van der Waals surface area (Å²) in [5, 5.41) is 6.58. The van der Waals surface area contributed by atoms with E-state index in [4.69, 9.17) is 4.74 Å². The molecule has 0 fully saturated rings. The van der Waals surface area contributed by atoms with Crippen LogP contribution >= 0.6 is 0 Å². The molecule has 0 spiro atoms. The molecule has 112 valence electrons. The minimum Gasteiger partial charge on any atom is -0.496 e. The Morgan fingerprint density at radius 3 is 2.62 bits per heavy atom. The minimum atomic E-state index is 0.665. The standard InChI is InChI=1S/C16H22N4O/c1-17-16(18-10-13-8-9-20(2)12-13)19-11-14-6-4-5-7-15(14)21-3/h4-9,12H,10-11H2,1-3H3,(H2,17,18,19). The van der Waals surface area contributed by atoms with Crippen LogP contribution in [-0.4, -0.2) is 24.7 Å². The Bertz CT molecular complexity index is 604. The lowest BCUT2D eigenvalue weighted by molar-refractivity contribution is 0.409. The van der Waals surface area contributed by atoms with Crippen molar-refractivity contribution in [3.8, 4) is 5.75 Å². The monoisotopic (exact) mass is 286 g/mol. The maximum Gasteiger partial charge on any atom is 0.191 e. The molecule has 0 bridgehead atoms. The third-order valence-corrected chi connectivity index (χ3v) is 3.22. The van der Waals surface area contributed by atoms with Crippen LogP contribution in [0.2, 0.25) is 0 Å². The lowest BCUT2D eigenvalue weighted by Crippen LogP contribution is -2.36. The average molecular weight is 286 g/mol. The Morgan fingerprint density at radius 1 is 1.19 bits per heavy atom. The molecule has 1 heterocycles. The Labute approximate surface area is 125 Å². The van der Waals surface area contributed by atoms with E-state index in [-0.39, 0.29) is 0 Å². The number of hydrogen-bond acceptors (Lipinski definition) is 2. The third kappa shape index (κ3) is 4.27. The summed E-state index contributed by atoms with van der Waals surface area (Å²) in [6.07, 6.45) is 4.11. The summed E-state index contributed by atoms with van der Waals surface area (Å²) >= 11 is 0. The molecule has 0 radical (unpaired) electrons. The van der Waals surface area contributed by atoms with Crippen LogP contribution in [0.1, 0.15) is 11.1 Å². The van der Waals surface area contributed by atoms with Gasteiger partial charge in [-0.05, 0) is 17.7 Å². The smallest absolute Gasteiger partial charge is 0.191 e. The molecule has 0 amide bonds. The number of aryl methyl sites for hydroxylation is 1. The van der Waals surface area contributed by atoms with Crippen LogP contribution in [0, 0.1) is 0 Å². The van der Waals surface area contributed by atoms with Crippen molar-refractivity contribution in [1.82, 2.24) is 15.2 Å². The van der Waals surface area contributed by atoms with Gasteiger partial charge >= 0.3 is 0 Å². The number of nitrogens with one attached hydrogen (secondary N) is 2. The zero-order valence-corrected chi connectivity index (χ0v) is 12.8. The van der Waals surface area contributed by atoms with Crippen molar-refractivity contribution in [2.45, 2.75) is 13.1 Å². The van der Waals surface area contributed by atoms with Crippen LogP contribution < -0.4 is 15.4 Å². The fraction of sp³-hybridized carbons (Fsp3) is 0.312. The maximum atomic E-state index is 5.34. The molecule has 0 aliphatic heterocycles. The molecule has 21 heavy (non-hydrogen) atoms. The number of aromatic nitrogens is 1. The van der Waals surface area contributed by atoms with Gasteiger partial charge in [0.15, 0.2) is 5.96 Å². The van der Waals surface area contributed by atoms with Crippen molar-refractivity contribution < 1.29 is 4.74 Å². The Balaban J connectivity index is 1.88. The molecule has 1 aromatic heterocycles. The number of benzene rings is 1. The average Bonchev–Trinajstić information content (AvgIpc) is 2.93. The summed E-state index contributed by atoms with van der Waals surface area (Å²) in [4.78, 5) is 4.23. The van der Waals surface area contributed by atoms with Crippen LogP contribution in [0.25, 0.3) is 0 Å². The van der Waals surface area contributed by atoms with E-state index in [2.05, 4.69) is 27.9 Å². The first-order chi connectivity index (χ1) is 10.2. The molecule has 2 N–H and O–H groups in total. The highest BCUT2D eigenvalue weighted by molar-refractivity contribution is 5.79. The van der Waals surface area contributed by atoms with E-state index in [0.29, 0.717) is 6.54 Å². The second kappa shape index (κ2) is 7.38. The van der Waals surface area contributed by atoms with E-state index in [1.807, 2.05) is 42.1 Å². The van der Waals surface area contributed by atoms with Crippen LogP contribution in [0.3, 0.4) is 0 Å². The van der Waals surface area contributed by atoms with E-state index < -0.39 is 0 Å². The van der Waals surface area contributed by atoms with Crippen molar-refractivity contribution in [2.24, 2.45) is 12.0 Å². The number of guanidine groups is 1. The lowest BCUT2D eigenvalue weighted by Gasteiger charge is -2.13. The Morgan fingerprint density at radius 2 is 1.95 bits per heavy atom. The topological polar surface area (TPSA) is 50.6 Å². The molecule has 0 unspecified atom stereocenters. The fourth-order valence-electron chi connectivity index (χ4n) is 2.10. The minimum absolute atomic E-state index is 0.665. The summed E-state index contributed by atoms with van der Waals surface area (Å²) in [7, 11) is 5.46. The first kappa shape index (κ1) is 15.0. The van der Waals surface area contributed by atoms with Gasteiger partial charge in [-0.25, -0.2) is 0 Å². The van der Waals surface area contributed by atoms with Crippen LogP contribution in [0.15, 0.2) is 47.7 Å². The van der Waals surface area contributed by atoms with Crippen molar-refractivity contribution in [3.63, 3.8) is 0 Å². The van der Waals surface area contributed by atoms with E-state index in [1.54, 1.807) is 14.2 Å². The number of rotatable bonds is 5. The van der Waals surface area contributed by atoms with Gasteiger partial charge in [-0.2, -0.15) is 0 Å². The lowest BCUT2D eigenvalue weighted by atomic mass is 10.2. The van der Waals surface area contributed by atoms with Crippen molar-refractivity contribution >= 4 is 5.96 Å². The Kier molecular flexibility index (Phi) is 5.26. The molecular weight excluding hydrogens is 264 g/mol. The number of methoxy groups -OCH3 is 1. The van der Waals surface area contributed by atoms with Gasteiger partial charge in [0.2, 0.25) is 0 Å². The largest absolute Gasteiger partial charge is 0.496 e. The van der Waals surface area contributed by atoms with Gasteiger partial charge in [-0.1, -0.05) is 18.2 Å². The number of aliphatic imine (C=N–C) groups is 1. The van der Waals surface area contributed by atoms with Crippen molar-refractivity contribution in [3.05, 3.63) is 53.9 Å². The van der Waals surface area contributed by atoms with Crippen molar-refractivity contribution in [2.75, 3.05) is 14.2 Å². The number of para-hydroxylation sites is 1. The first-order valence-corrected chi connectivity index (χ1v) is 6.90. The predicted octanol–water partition coefficient (Wildman–Crippen LogP) is 1.90. The van der Waals surface area contributed by atoms with Crippen LogP contribution in [0.4, 0.5) is 0 Å². The molecule has 0 saturated heterocycles. The quantitative estimate of drug-likeness (QED) is 0.652. The zero-order chi connectivity index (χ0) is 15.1. The van der Waals surface area contributed by atoms with Gasteiger partial charge < -0.3 is 19.9 Å². The summed E-state index contributed by atoms with van der Waals surface area (Å²) in [6, 6.07) is 10.0. The van der Waals surface area contributed by atoms with Crippen LogP contribution in [0.5, 0.6) is 5.75 Å². The molecule has 0 saturated carbocycles. The number of hydrogen-bond donors (Lipinski definition) is 2. The molecular formula is C16H22N4O. The summed E-state index contributed by atoms with van der Waals surface area (Å²) in [6.45, 7) is 1.41. The second-order valence-corrected chi connectivity index (χ2v) is 4.78. The van der Waals surface area contributed by atoms with Crippen LogP contribution in [-0.2, 0) is 20.1 Å². The summed E-state index contributed by atoms with van der Waals surface area (Å²) in [5.41, 5.74) is 2.32. The molecule has 0 aliphatic rings. The van der Waals surface area contributed by atoms with Gasteiger partial charge in [-0.15, -0.1) is 0 Å². The second-order valence-electron chi connectivity index (χ2n) is 4.78. The van der Waals surface area contributed by atoms with Gasteiger partial charge in [0.1, 0.15) is 5.75 Å². The zero-order valence-electron chi connectivity index (χ0n) is 12.8. The maximum absolute atomic E-state index is 5.34. The SMILES string of the molecule is CN=C(NCc1ccn(C)c1)NCc1ccccc1OC. The molecule has 2 aromatic rings. The predicted molar refractivity (Wildman–Crippen MR) is 85.4 cm³/mol. The van der Waals surface area contributed by atoms with Gasteiger partial charge in [0, 0.05) is 45.1 Å². The number of ether oxygens (including phenoxy) is 1. The molecule has 5 heteroatoms. The van der Waals surface area contributed by atoms with E-state index in [0.717, 1.165) is 23.8 Å². The molecule has 0 aliphatic carbocycles. The normalized spacial score (nSPS) is 11.3. The summed E-state index contributed by atoms with van der Waals surface area (Å²) in [5.74, 6) is 1.65. The van der Waals surface area contributed by atoms with Gasteiger partial charge in [0.05, 0.1) is 7.11 Å². The van der Waals surface area contributed by atoms with E-state index >= 15 is 0 Å². The van der Waals surface area contributed by atoms with E-state index in [9.17, 15) is 0 Å².